The molecule has 7 nitrogen and oxygen atoms in total. The second-order valence-electron chi connectivity index (χ2n) is 7.89. The SMILES string of the molecule is CCc1ccc(-n2nc3ccc(NC(=S)NC(=O)c4ccc(-c5cccc(Cl)c5Cl)o4)cc3n2)cc1. The molecule has 1 amide bonds. The van der Waals surface area contributed by atoms with Gasteiger partial charge in [0.15, 0.2) is 10.9 Å². The van der Waals surface area contributed by atoms with E-state index >= 15 is 0 Å². The van der Waals surface area contributed by atoms with Crippen molar-refractivity contribution in [2.75, 3.05) is 5.32 Å². The second kappa shape index (κ2) is 10.1. The average Bonchev–Trinajstić information content (AvgIpc) is 3.53. The van der Waals surface area contributed by atoms with E-state index in [0.717, 1.165) is 17.6 Å². The van der Waals surface area contributed by atoms with E-state index in [9.17, 15) is 4.79 Å². The topological polar surface area (TPSA) is 85.0 Å². The number of hydrogen-bond acceptors (Lipinski definition) is 5. The Balaban J connectivity index is 1.26. The fourth-order valence-corrected chi connectivity index (χ4v) is 4.20. The fourth-order valence-electron chi connectivity index (χ4n) is 3.60. The van der Waals surface area contributed by atoms with E-state index in [1.807, 2.05) is 30.3 Å². The first-order valence-corrected chi connectivity index (χ1v) is 12.2. The molecule has 2 aromatic heterocycles. The molecule has 180 valence electrons. The van der Waals surface area contributed by atoms with Crippen LogP contribution in [0.2, 0.25) is 10.0 Å². The summed E-state index contributed by atoms with van der Waals surface area (Å²) in [5.74, 6) is 0.00141. The van der Waals surface area contributed by atoms with Crippen LogP contribution in [0.4, 0.5) is 5.69 Å². The highest BCUT2D eigenvalue weighted by Crippen LogP contribution is 2.34. The molecular weight excluding hydrogens is 517 g/mol. The summed E-state index contributed by atoms with van der Waals surface area (Å²) in [7, 11) is 0. The summed E-state index contributed by atoms with van der Waals surface area (Å²) in [6, 6.07) is 21.9. The number of hydrogen-bond donors (Lipinski definition) is 2. The fraction of sp³-hybridized carbons (Fsp3) is 0.0769. The number of nitrogens with zero attached hydrogens (tertiary/aromatic N) is 3. The van der Waals surface area contributed by atoms with Crippen molar-refractivity contribution in [1.29, 1.82) is 0 Å². The number of nitrogens with one attached hydrogen (secondary N) is 2. The third-order valence-electron chi connectivity index (χ3n) is 5.49. The van der Waals surface area contributed by atoms with Crippen LogP contribution in [-0.4, -0.2) is 26.0 Å². The zero-order valence-corrected chi connectivity index (χ0v) is 21.3. The molecule has 0 spiro atoms. The number of carbonyl (C=O) groups is 1. The number of fused-ring (bicyclic) bond motifs is 1. The first-order valence-electron chi connectivity index (χ1n) is 11.0. The number of aromatic nitrogens is 3. The van der Waals surface area contributed by atoms with Crippen LogP contribution in [0.5, 0.6) is 0 Å². The van der Waals surface area contributed by atoms with E-state index in [4.69, 9.17) is 39.8 Å². The van der Waals surface area contributed by atoms with Gasteiger partial charge in [0.1, 0.15) is 16.8 Å². The van der Waals surface area contributed by atoms with Gasteiger partial charge < -0.3 is 9.73 Å². The maximum Gasteiger partial charge on any atom is 0.293 e. The molecule has 0 saturated carbocycles. The molecule has 0 unspecified atom stereocenters. The zero-order valence-electron chi connectivity index (χ0n) is 19.0. The minimum absolute atomic E-state index is 0.0812. The molecule has 0 bridgehead atoms. The molecule has 0 aliphatic heterocycles. The Bertz CT molecular complexity index is 1590. The predicted octanol–water partition coefficient (Wildman–Crippen LogP) is 6.68. The van der Waals surface area contributed by atoms with Gasteiger partial charge in [0.05, 0.1) is 15.7 Å². The smallest absolute Gasteiger partial charge is 0.293 e. The van der Waals surface area contributed by atoms with E-state index in [2.05, 4.69) is 39.9 Å². The molecule has 0 fully saturated rings. The molecule has 5 rings (SSSR count). The lowest BCUT2D eigenvalue weighted by Gasteiger charge is -2.08. The van der Waals surface area contributed by atoms with Crippen molar-refractivity contribution in [2.45, 2.75) is 13.3 Å². The quantitative estimate of drug-likeness (QED) is 0.244. The highest BCUT2D eigenvalue weighted by molar-refractivity contribution is 7.80. The summed E-state index contributed by atoms with van der Waals surface area (Å²) >= 11 is 17.6. The van der Waals surface area contributed by atoms with Crippen LogP contribution in [0, 0.1) is 0 Å². The number of carbonyl (C=O) groups excluding carboxylic acids is 1. The number of aryl methyl sites for hydroxylation is 1. The molecule has 2 heterocycles. The summed E-state index contributed by atoms with van der Waals surface area (Å²) in [5.41, 5.74) is 4.79. The maximum absolute atomic E-state index is 12.6. The van der Waals surface area contributed by atoms with Gasteiger partial charge in [-0.25, -0.2) is 0 Å². The van der Waals surface area contributed by atoms with Crippen LogP contribution >= 0.6 is 35.4 Å². The second-order valence-corrected chi connectivity index (χ2v) is 9.08. The van der Waals surface area contributed by atoms with Crippen LogP contribution < -0.4 is 10.6 Å². The molecule has 5 aromatic rings. The third-order valence-corrected chi connectivity index (χ3v) is 6.51. The lowest BCUT2D eigenvalue weighted by molar-refractivity contribution is 0.0951. The monoisotopic (exact) mass is 535 g/mol. The molecule has 3 aromatic carbocycles. The molecule has 2 N–H and O–H groups in total. The van der Waals surface area contributed by atoms with Crippen LogP contribution in [-0.2, 0) is 6.42 Å². The van der Waals surface area contributed by atoms with Crippen molar-refractivity contribution in [1.82, 2.24) is 20.3 Å². The Morgan fingerprint density at radius 2 is 1.78 bits per heavy atom. The number of furan rings is 1. The Labute approximate surface area is 222 Å². The van der Waals surface area contributed by atoms with Crippen molar-refractivity contribution in [3.05, 3.63) is 94.2 Å². The first-order chi connectivity index (χ1) is 17.4. The van der Waals surface area contributed by atoms with Gasteiger partial charge >= 0.3 is 0 Å². The Morgan fingerprint density at radius 1 is 1.00 bits per heavy atom. The number of amides is 1. The Kier molecular flexibility index (Phi) is 6.73. The van der Waals surface area contributed by atoms with E-state index in [1.54, 1.807) is 35.1 Å². The van der Waals surface area contributed by atoms with Crippen LogP contribution in [0.25, 0.3) is 28.0 Å². The van der Waals surface area contributed by atoms with Gasteiger partial charge in [-0.1, -0.05) is 48.3 Å². The highest BCUT2D eigenvalue weighted by Gasteiger charge is 2.16. The van der Waals surface area contributed by atoms with Gasteiger partial charge in [0, 0.05) is 11.3 Å². The van der Waals surface area contributed by atoms with Crippen LogP contribution in [0.1, 0.15) is 23.0 Å². The minimum atomic E-state index is -0.501. The molecular formula is C26H19Cl2N5O2S. The normalized spacial score (nSPS) is 11.0. The van der Waals surface area contributed by atoms with Gasteiger partial charge in [-0.15, -0.1) is 10.2 Å². The minimum Gasteiger partial charge on any atom is -0.451 e. The standard InChI is InChI=1S/C26H19Cl2N5O2S/c1-2-15-6-9-17(10-7-15)33-31-20-11-8-16(14-21(20)32-33)29-26(36)30-25(34)23-13-12-22(35-23)18-4-3-5-19(27)24(18)28/h3-14H,2H2,1H3,(H2,29,30,34,36). The number of thiocarbonyl (C=S) groups is 1. The molecule has 10 heteroatoms. The maximum atomic E-state index is 12.6. The Morgan fingerprint density at radius 3 is 2.56 bits per heavy atom. The van der Waals surface area contributed by atoms with E-state index in [1.165, 1.54) is 5.56 Å². The van der Waals surface area contributed by atoms with E-state index < -0.39 is 5.91 Å². The van der Waals surface area contributed by atoms with Crippen molar-refractivity contribution < 1.29 is 9.21 Å². The first kappa shape index (κ1) is 24.0. The van der Waals surface area contributed by atoms with Crippen molar-refractivity contribution in [3.8, 4) is 17.0 Å². The molecule has 0 atom stereocenters. The highest BCUT2D eigenvalue weighted by atomic mass is 35.5. The zero-order chi connectivity index (χ0) is 25.2. The summed E-state index contributed by atoms with van der Waals surface area (Å²) in [6.07, 6.45) is 0.970. The van der Waals surface area contributed by atoms with Gasteiger partial charge in [-0.05, 0) is 78.8 Å². The summed E-state index contributed by atoms with van der Waals surface area (Å²) in [5, 5.41) is 15.6. The predicted molar refractivity (Wildman–Crippen MR) is 146 cm³/mol. The van der Waals surface area contributed by atoms with Crippen molar-refractivity contribution in [3.63, 3.8) is 0 Å². The molecule has 0 aliphatic rings. The van der Waals surface area contributed by atoms with E-state index in [0.29, 0.717) is 32.6 Å². The lowest BCUT2D eigenvalue weighted by Crippen LogP contribution is -2.33. The van der Waals surface area contributed by atoms with Gasteiger partial charge in [0.25, 0.3) is 5.91 Å². The largest absolute Gasteiger partial charge is 0.451 e. The van der Waals surface area contributed by atoms with Gasteiger partial charge in [0.2, 0.25) is 0 Å². The number of rotatable bonds is 5. The third kappa shape index (κ3) is 4.97. The van der Waals surface area contributed by atoms with Gasteiger partial charge in [-0.3, -0.25) is 10.1 Å². The molecule has 36 heavy (non-hydrogen) atoms. The van der Waals surface area contributed by atoms with Crippen LogP contribution in [0.15, 0.2) is 77.2 Å². The lowest BCUT2D eigenvalue weighted by atomic mass is 10.2. The molecule has 0 saturated heterocycles. The Hall–Kier alpha value is -3.72. The van der Waals surface area contributed by atoms with Crippen LogP contribution in [0.3, 0.4) is 0 Å². The van der Waals surface area contributed by atoms with E-state index in [-0.39, 0.29) is 10.9 Å². The molecule has 0 radical (unpaired) electrons. The van der Waals surface area contributed by atoms with Crippen molar-refractivity contribution in [2.24, 2.45) is 0 Å². The number of benzene rings is 3. The molecule has 0 aliphatic carbocycles. The van der Waals surface area contributed by atoms with Gasteiger partial charge in [-0.2, -0.15) is 4.80 Å². The summed E-state index contributed by atoms with van der Waals surface area (Å²) < 4.78 is 5.67. The summed E-state index contributed by atoms with van der Waals surface area (Å²) in [4.78, 5) is 14.2. The number of anilines is 1. The number of halogens is 2. The van der Waals surface area contributed by atoms with Crippen molar-refractivity contribution >= 4 is 63.2 Å². The summed E-state index contributed by atoms with van der Waals surface area (Å²) in [6.45, 7) is 2.11. The average molecular weight is 536 g/mol.